The second-order valence-electron chi connectivity index (χ2n) is 5.21. The van der Waals surface area contributed by atoms with Gasteiger partial charge in [-0.15, -0.1) is 11.3 Å². The third-order valence-corrected chi connectivity index (χ3v) is 4.40. The lowest BCUT2D eigenvalue weighted by molar-refractivity contribution is -0.148. The van der Waals surface area contributed by atoms with Crippen molar-refractivity contribution >= 4 is 23.2 Å². The number of hydrogen-bond acceptors (Lipinski definition) is 5. The summed E-state index contributed by atoms with van der Waals surface area (Å²) >= 11 is 1.69. The SMILES string of the molecule is O=C(O)CO[C@@H]1CCOC[C@@H]1NC(=O)CCCc1cccs1. The van der Waals surface area contributed by atoms with E-state index in [0.29, 0.717) is 26.1 Å². The Morgan fingerprint density at radius 3 is 3.09 bits per heavy atom. The van der Waals surface area contributed by atoms with E-state index in [1.54, 1.807) is 11.3 Å². The van der Waals surface area contributed by atoms with E-state index in [9.17, 15) is 9.59 Å². The maximum atomic E-state index is 12.0. The highest BCUT2D eigenvalue weighted by Gasteiger charge is 2.28. The normalized spacial score (nSPS) is 21.5. The van der Waals surface area contributed by atoms with Crippen LogP contribution >= 0.6 is 11.3 Å². The Bertz CT molecular complexity index is 476. The minimum Gasteiger partial charge on any atom is -0.480 e. The lowest BCUT2D eigenvalue weighted by Crippen LogP contribution is -2.50. The quantitative estimate of drug-likeness (QED) is 0.755. The lowest BCUT2D eigenvalue weighted by atomic mass is 10.1. The number of hydrogen-bond donors (Lipinski definition) is 2. The predicted molar refractivity (Wildman–Crippen MR) is 82.0 cm³/mol. The van der Waals surface area contributed by atoms with Crippen molar-refractivity contribution in [1.82, 2.24) is 5.32 Å². The first kappa shape index (κ1) is 16.9. The van der Waals surface area contributed by atoms with Gasteiger partial charge in [0.05, 0.1) is 18.8 Å². The van der Waals surface area contributed by atoms with Crippen molar-refractivity contribution in [2.24, 2.45) is 0 Å². The molecule has 1 amide bonds. The Balaban J connectivity index is 1.71. The largest absolute Gasteiger partial charge is 0.480 e. The number of aryl methyl sites for hydroxylation is 1. The second-order valence-corrected chi connectivity index (χ2v) is 6.25. The molecule has 22 heavy (non-hydrogen) atoms. The van der Waals surface area contributed by atoms with Gasteiger partial charge in [0.1, 0.15) is 6.61 Å². The summed E-state index contributed by atoms with van der Waals surface area (Å²) in [5.41, 5.74) is 0. The molecule has 122 valence electrons. The van der Waals surface area contributed by atoms with Gasteiger partial charge in [-0.05, 0) is 30.7 Å². The molecule has 1 fully saturated rings. The third-order valence-electron chi connectivity index (χ3n) is 3.47. The first-order chi connectivity index (χ1) is 10.6. The Morgan fingerprint density at radius 1 is 1.50 bits per heavy atom. The van der Waals surface area contributed by atoms with E-state index < -0.39 is 5.97 Å². The number of ether oxygens (including phenoxy) is 2. The number of carbonyl (C=O) groups excluding carboxylic acids is 1. The van der Waals surface area contributed by atoms with Gasteiger partial charge >= 0.3 is 5.97 Å². The van der Waals surface area contributed by atoms with Crippen LogP contribution < -0.4 is 5.32 Å². The highest BCUT2D eigenvalue weighted by Crippen LogP contribution is 2.14. The van der Waals surface area contributed by atoms with Crippen LogP contribution in [0.15, 0.2) is 17.5 Å². The van der Waals surface area contributed by atoms with E-state index >= 15 is 0 Å². The molecular weight excluding hydrogens is 306 g/mol. The molecule has 0 unspecified atom stereocenters. The summed E-state index contributed by atoms with van der Waals surface area (Å²) in [6.07, 6.45) is 2.42. The van der Waals surface area contributed by atoms with Crippen molar-refractivity contribution in [1.29, 1.82) is 0 Å². The molecule has 1 aliphatic heterocycles. The van der Waals surface area contributed by atoms with Crippen molar-refractivity contribution in [2.45, 2.75) is 37.8 Å². The Kier molecular flexibility index (Phi) is 6.82. The summed E-state index contributed by atoms with van der Waals surface area (Å²) in [6, 6.07) is 3.79. The van der Waals surface area contributed by atoms with Gasteiger partial charge in [-0.2, -0.15) is 0 Å². The van der Waals surface area contributed by atoms with Crippen LogP contribution in [0.4, 0.5) is 0 Å². The number of carboxylic acid groups (broad SMARTS) is 1. The molecule has 0 aromatic carbocycles. The summed E-state index contributed by atoms with van der Waals surface area (Å²) in [6.45, 7) is 0.533. The Labute approximate surface area is 133 Å². The van der Waals surface area contributed by atoms with Crippen molar-refractivity contribution in [2.75, 3.05) is 19.8 Å². The van der Waals surface area contributed by atoms with Gasteiger partial charge in [-0.1, -0.05) is 6.07 Å². The fourth-order valence-electron chi connectivity index (χ4n) is 2.39. The lowest BCUT2D eigenvalue weighted by Gasteiger charge is -2.31. The third kappa shape index (κ3) is 5.75. The molecule has 0 bridgehead atoms. The van der Waals surface area contributed by atoms with Gasteiger partial charge in [0.2, 0.25) is 5.91 Å². The fraction of sp³-hybridized carbons (Fsp3) is 0.600. The zero-order valence-electron chi connectivity index (χ0n) is 12.3. The molecule has 6 nitrogen and oxygen atoms in total. The molecule has 1 saturated heterocycles. The molecule has 1 aromatic rings. The highest BCUT2D eigenvalue weighted by atomic mass is 32.1. The summed E-state index contributed by atoms with van der Waals surface area (Å²) in [5.74, 6) is -1.05. The van der Waals surface area contributed by atoms with E-state index in [-0.39, 0.29) is 24.7 Å². The van der Waals surface area contributed by atoms with Crippen LogP contribution in [0.5, 0.6) is 0 Å². The number of carbonyl (C=O) groups is 2. The summed E-state index contributed by atoms with van der Waals surface area (Å²) < 4.78 is 10.7. The average molecular weight is 327 g/mol. The molecule has 1 aromatic heterocycles. The van der Waals surface area contributed by atoms with Crippen molar-refractivity contribution < 1.29 is 24.2 Å². The van der Waals surface area contributed by atoms with Crippen LogP contribution in [0, 0.1) is 0 Å². The molecule has 0 spiro atoms. The van der Waals surface area contributed by atoms with Crippen molar-refractivity contribution in [3.05, 3.63) is 22.4 Å². The molecule has 0 aliphatic carbocycles. The van der Waals surface area contributed by atoms with Gasteiger partial charge in [0.15, 0.2) is 0 Å². The standard InChI is InChI=1S/C15H21NO5S/c17-14(5-1-3-11-4-2-8-22-11)16-12-9-20-7-6-13(12)21-10-15(18)19/h2,4,8,12-13H,1,3,5-7,9-10H2,(H,16,17)(H,18,19)/t12-,13+/m0/s1. The van der Waals surface area contributed by atoms with E-state index in [1.165, 1.54) is 4.88 Å². The molecule has 0 radical (unpaired) electrons. The zero-order chi connectivity index (χ0) is 15.8. The second kappa shape index (κ2) is 8.87. The molecule has 2 heterocycles. The zero-order valence-corrected chi connectivity index (χ0v) is 13.1. The van der Waals surface area contributed by atoms with Crippen LogP contribution in [-0.4, -0.2) is 48.9 Å². The van der Waals surface area contributed by atoms with Crippen LogP contribution in [0.2, 0.25) is 0 Å². The van der Waals surface area contributed by atoms with E-state index in [0.717, 1.165) is 12.8 Å². The maximum Gasteiger partial charge on any atom is 0.329 e. The average Bonchev–Trinajstić information content (AvgIpc) is 2.99. The van der Waals surface area contributed by atoms with Crippen LogP contribution in [0.25, 0.3) is 0 Å². The highest BCUT2D eigenvalue weighted by molar-refractivity contribution is 7.09. The Hall–Kier alpha value is -1.44. The summed E-state index contributed by atoms with van der Waals surface area (Å²) in [5, 5.41) is 13.6. The first-order valence-corrected chi connectivity index (χ1v) is 8.26. The van der Waals surface area contributed by atoms with Crippen LogP contribution in [0.1, 0.15) is 24.1 Å². The smallest absolute Gasteiger partial charge is 0.329 e. The van der Waals surface area contributed by atoms with Gasteiger partial charge in [0, 0.05) is 17.9 Å². The molecule has 1 aliphatic rings. The minimum absolute atomic E-state index is 0.0454. The van der Waals surface area contributed by atoms with E-state index in [1.807, 2.05) is 11.4 Å². The minimum atomic E-state index is -1.01. The number of rotatable bonds is 8. The molecule has 2 atom stereocenters. The van der Waals surface area contributed by atoms with Gasteiger partial charge in [-0.3, -0.25) is 4.79 Å². The fourth-order valence-corrected chi connectivity index (χ4v) is 3.14. The summed E-state index contributed by atoms with van der Waals surface area (Å²) in [4.78, 5) is 23.8. The molecule has 7 heteroatoms. The van der Waals surface area contributed by atoms with Gasteiger partial charge in [-0.25, -0.2) is 4.79 Å². The number of aliphatic carboxylic acids is 1. The van der Waals surface area contributed by atoms with Crippen LogP contribution in [0.3, 0.4) is 0 Å². The van der Waals surface area contributed by atoms with Gasteiger partial charge < -0.3 is 19.9 Å². The van der Waals surface area contributed by atoms with Crippen LogP contribution in [-0.2, 0) is 25.5 Å². The number of amides is 1. The maximum absolute atomic E-state index is 12.0. The van der Waals surface area contributed by atoms with Crippen molar-refractivity contribution in [3.8, 4) is 0 Å². The number of thiophene rings is 1. The Morgan fingerprint density at radius 2 is 2.36 bits per heavy atom. The van der Waals surface area contributed by atoms with E-state index in [2.05, 4.69) is 11.4 Å². The number of carboxylic acids is 1. The topological polar surface area (TPSA) is 84.9 Å². The predicted octanol–water partition coefficient (Wildman–Crippen LogP) is 1.45. The monoisotopic (exact) mass is 327 g/mol. The first-order valence-electron chi connectivity index (χ1n) is 7.38. The molecule has 0 saturated carbocycles. The summed E-state index contributed by atoms with van der Waals surface area (Å²) in [7, 11) is 0. The molecule has 2 rings (SSSR count). The van der Waals surface area contributed by atoms with Gasteiger partial charge in [0.25, 0.3) is 0 Å². The molecular formula is C15H21NO5S. The number of nitrogens with one attached hydrogen (secondary N) is 1. The molecule has 2 N–H and O–H groups in total. The van der Waals surface area contributed by atoms with Crippen molar-refractivity contribution in [3.63, 3.8) is 0 Å². The van der Waals surface area contributed by atoms with E-state index in [4.69, 9.17) is 14.6 Å².